The predicted octanol–water partition coefficient (Wildman–Crippen LogP) is 3.90. The van der Waals surface area contributed by atoms with Gasteiger partial charge in [-0.25, -0.2) is 0 Å². The number of fused-ring (bicyclic) bond motifs is 3. The number of benzene rings is 2. The van der Waals surface area contributed by atoms with Crippen molar-refractivity contribution in [2.24, 2.45) is 0 Å². The minimum atomic E-state index is -4.48. The van der Waals surface area contributed by atoms with Crippen LogP contribution in [-0.4, -0.2) is 23.3 Å². The van der Waals surface area contributed by atoms with Crippen molar-refractivity contribution in [3.8, 4) is 11.1 Å². The molecule has 3 aromatic rings. The van der Waals surface area contributed by atoms with Crippen LogP contribution in [0.25, 0.3) is 11.1 Å². The van der Waals surface area contributed by atoms with Crippen LogP contribution >= 0.6 is 0 Å². The number of nitrogens with zero attached hydrogens (tertiary/aromatic N) is 1. The van der Waals surface area contributed by atoms with Gasteiger partial charge in [-0.1, -0.05) is 24.3 Å². The lowest BCUT2D eigenvalue weighted by Gasteiger charge is -2.22. The minimum Gasteiger partial charge on any atom is -0.326 e. The van der Waals surface area contributed by atoms with Crippen LogP contribution in [0.3, 0.4) is 0 Å². The standard InChI is InChI=1S/C23H18F3N3O3/c1-13-10-18-21(22(32)27-13)17-5-3-2-4-14(17)11-20(31)29(18)12-19(30)28-16-8-6-15(7-9-16)23(24,25)26/h2-10H,11-12H2,1H3,(H,27,32)(H,28,30). The van der Waals surface area contributed by atoms with Crippen molar-refractivity contribution in [2.75, 3.05) is 16.8 Å². The number of amides is 2. The zero-order valence-corrected chi connectivity index (χ0v) is 16.9. The molecule has 0 bridgehead atoms. The first-order valence-electron chi connectivity index (χ1n) is 9.73. The zero-order valence-electron chi connectivity index (χ0n) is 16.9. The number of anilines is 2. The molecule has 0 aliphatic carbocycles. The van der Waals surface area contributed by atoms with E-state index in [9.17, 15) is 27.6 Å². The molecule has 1 aliphatic rings. The molecule has 0 atom stereocenters. The fourth-order valence-electron chi connectivity index (χ4n) is 3.72. The van der Waals surface area contributed by atoms with E-state index < -0.39 is 24.2 Å². The molecule has 32 heavy (non-hydrogen) atoms. The summed E-state index contributed by atoms with van der Waals surface area (Å²) in [5.41, 5.74) is 1.35. The molecule has 0 saturated heterocycles. The number of hydrogen-bond donors (Lipinski definition) is 2. The Morgan fingerprint density at radius 2 is 1.78 bits per heavy atom. The van der Waals surface area contributed by atoms with Crippen molar-refractivity contribution >= 4 is 23.2 Å². The normalized spacial score (nSPS) is 13.2. The quantitative estimate of drug-likeness (QED) is 0.647. The first-order chi connectivity index (χ1) is 15.1. The first kappa shape index (κ1) is 21.4. The van der Waals surface area contributed by atoms with Crippen LogP contribution in [0.2, 0.25) is 0 Å². The van der Waals surface area contributed by atoms with E-state index in [2.05, 4.69) is 10.3 Å². The summed E-state index contributed by atoms with van der Waals surface area (Å²) >= 11 is 0. The molecule has 2 N–H and O–H groups in total. The van der Waals surface area contributed by atoms with Crippen LogP contribution < -0.4 is 15.8 Å². The Kier molecular flexibility index (Phi) is 5.33. The highest BCUT2D eigenvalue weighted by Crippen LogP contribution is 2.34. The Morgan fingerprint density at radius 1 is 1.09 bits per heavy atom. The molecule has 0 fully saturated rings. The van der Waals surface area contributed by atoms with Crippen LogP contribution in [0.1, 0.15) is 16.8 Å². The summed E-state index contributed by atoms with van der Waals surface area (Å²) in [7, 11) is 0. The average Bonchev–Trinajstić information content (AvgIpc) is 2.82. The second kappa shape index (κ2) is 7.99. The number of aromatic nitrogens is 1. The lowest BCUT2D eigenvalue weighted by molar-refractivity contribution is -0.137. The summed E-state index contributed by atoms with van der Waals surface area (Å²) in [6.07, 6.45) is -4.48. The van der Waals surface area contributed by atoms with Gasteiger partial charge < -0.3 is 15.2 Å². The second-order valence-corrected chi connectivity index (χ2v) is 7.48. The van der Waals surface area contributed by atoms with Crippen LogP contribution in [0, 0.1) is 6.92 Å². The molecular weight excluding hydrogens is 423 g/mol. The third-order valence-electron chi connectivity index (χ3n) is 5.17. The van der Waals surface area contributed by atoms with Gasteiger partial charge >= 0.3 is 6.18 Å². The second-order valence-electron chi connectivity index (χ2n) is 7.48. The van der Waals surface area contributed by atoms with Crippen molar-refractivity contribution in [3.05, 3.63) is 81.8 Å². The summed E-state index contributed by atoms with van der Waals surface area (Å²) in [6, 6.07) is 12.7. The largest absolute Gasteiger partial charge is 0.416 e. The van der Waals surface area contributed by atoms with E-state index in [1.807, 2.05) is 0 Å². The summed E-state index contributed by atoms with van der Waals surface area (Å²) in [6.45, 7) is 1.27. The van der Waals surface area contributed by atoms with E-state index in [0.717, 1.165) is 24.3 Å². The lowest BCUT2D eigenvalue weighted by atomic mass is 9.99. The molecule has 4 rings (SSSR count). The molecular formula is C23H18F3N3O3. The maximum absolute atomic E-state index is 13.0. The van der Waals surface area contributed by atoms with E-state index in [4.69, 9.17) is 0 Å². The van der Waals surface area contributed by atoms with Gasteiger partial charge in [0.25, 0.3) is 5.56 Å². The maximum atomic E-state index is 13.0. The van der Waals surface area contributed by atoms with Crippen molar-refractivity contribution in [2.45, 2.75) is 19.5 Å². The summed E-state index contributed by atoms with van der Waals surface area (Å²) in [4.78, 5) is 42.4. The fraction of sp³-hybridized carbons (Fsp3) is 0.174. The van der Waals surface area contributed by atoms with Crippen molar-refractivity contribution in [1.82, 2.24) is 4.98 Å². The van der Waals surface area contributed by atoms with Gasteiger partial charge in [0.1, 0.15) is 6.54 Å². The number of alkyl halides is 3. The lowest BCUT2D eigenvalue weighted by Crippen LogP contribution is -2.39. The SMILES string of the molecule is Cc1cc2c(c(=O)[nH]1)-c1ccccc1CC(=O)N2CC(=O)Nc1ccc(C(F)(F)F)cc1. The van der Waals surface area contributed by atoms with Gasteiger partial charge in [0.05, 0.1) is 23.2 Å². The van der Waals surface area contributed by atoms with E-state index in [1.165, 1.54) is 4.90 Å². The Labute approximate surface area is 180 Å². The number of nitrogens with one attached hydrogen (secondary N) is 2. The Balaban J connectivity index is 1.65. The Bertz CT molecular complexity index is 1260. The number of hydrogen-bond acceptors (Lipinski definition) is 3. The van der Waals surface area contributed by atoms with Crippen molar-refractivity contribution in [1.29, 1.82) is 0 Å². The molecule has 1 aromatic heterocycles. The number of H-pyrrole nitrogens is 1. The van der Waals surface area contributed by atoms with Gasteiger partial charge in [0, 0.05) is 11.4 Å². The highest BCUT2D eigenvalue weighted by molar-refractivity contribution is 6.07. The number of pyridine rings is 1. The molecule has 2 heterocycles. The van der Waals surface area contributed by atoms with E-state index in [-0.39, 0.29) is 23.6 Å². The van der Waals surface area contributed by atoms with Gasteiger partial charge in [-0.05, 0) is 48.4 Å². The van der Waals surface area contributed by atoms with Gasteiger partial charge in [0.2, 0.25) is 11.8 Å². The molecule has 164 valence electrons. The molecule has 0 saturated carbocycles. The topological polar surface area (TPSA) is 82.3 Å². The van der Waals surface area contributed by atoms with E-state index >= 15 is 0 Å². The van der Waals surface area contributed by atoms with Gasteiger partial charge in [0.15, 0.2) is 0 Å². The number of carbonyl (C=O) groups excluding carboxylic acids is 2. The zero-order chi connectivity index (χ0) is 23.0. The van der Waals surface area contributed by atoms with Crippen LogP contribution in [0.4, 0.5) is 24.5 Å². The average molecular weight is 441 g/mol. The molecule has 0 unspecified atom stereocenters. The molecule has 0 spiro atoms. The molecule has 0 radical (unpaired) electrons. The number of rotatable bonds is 3. The van der Waals surface area contributed by atoms with Crippen molar-refractivity contribution < 1.29 is 22.8 Å². The Hall–Kier alpha value is -3.88. The molecule has 1 aliphatic heterocycles. The van der Waals surface area contributed by atoms with Crippen LogP contribution in [0.5, 0.6) is 0 Å². The predicted molar refractivity (Wildman–Crippen MR) is 113 cm³/mol. The molecule has 9 heteroatoms. The Morgan fingerprint density at radius 3 is 2.47 bits per heavy atom. The third kappa shape index (κ3) is 4.14. The molecule has 6 nitrogen and oxygen atoms in total. The third-order valence-corrected chi connectivity index (χ3v) is 5.17. The first-order valence-corrected chi connectivity index (χ1v) is 9.73. The monoisotopic (exact) mass is 441 g/mol. The fourth-order valence-corrected chi connectivity index (χ4v) is 3.72. The van der Waals surface area contributed by atoms with Crippen LogP contribution in [0.15, 0.2) is 59.4 Å². The number of carbonyl (C=O) groups is 2. The van der Waals surface area contributed by atoms with E-state index in [0.29, 0.717) is 28.1 Å². The van der Waals surface area contributed by atoms with Crippen molar-refractivity contribution in [3.63, 3.8) is 0 Å². The van der Waals surface area contributed by atoms with Gasteiger partial charge in [-0.3, -0.25) is 14.4 Å². The number of halogens is 3. The summed E-state index contributed by atoms with van der Waals surface area (Å²) in [5.74, 6) is -0.975. The summed E-state index contributed by atoms with van der Waals surface area (Å²) < 4.78 is 38.2. The highest BCUT2D eigenvalue weighted by atomic mass is 19.4. The van der Waals surface area contributed by atoms with E-state index in [1.54, 1.807) is 37.3 Å². The smallest absolute Gasteiger partial charge is 0.326 e. The van der Waals surface area contributed by atoms with Crippen LogP contribution in [-0.2, 0) is 22.2 Å². The summed E-state index contributed by atoms with van der Waals surface area (Å²) in [5, 5.41) is 2.50. The number of aryl methyl sites for hydroxylation is 1. The highest BCUT2D eigenvalue weighted by Gasteiger charge is 2.31. The maximum Gasteiger partial charge on any atom is 0.416 e. The molecule has 2 amide bonds. The minimum absolute atomic E-state index is 0.00307. The van der Waals surface area contributed by atoms with Gasteiger partial charge in [-0.15, -0.1) is 0 Å². The molecule has 2 aromatic carbocycles. The number of aromatic amines is 1. The van der Waals surface area contributed by atoms with Gasteiger partial charge in [-0.2, -0.15) is 13.2 Å².